The predicted octanol–water partition coefficient (Wildman–Crippen LogP) is 2.75. The molecule has 0 unspecified atom stereocenters. The molecule has 2 N–H and O–H groups in total. The van der Waals surface area contributed by atoms with Crippen LogP contribution in [-0.4, -0.2) is 22.1 Å². The van der Waals surface area contributed by atoms with Crippen molar-refractivity contribution in [2.45, 2.75) is 12.5 Å². The van der Waals surface area contributed by atoms with E-state index >= 15 is 0 Å². The molecule has 0 bridgehead atoms. The van der Waals surface area contributed by atoms with Gasteiger partial charge in [-0.1, -0.05) is 30.3 Å². The molecule has 0 amide bonds. The van der Waals surface area contributed by atoms with Gasteiger partial charge >= 0.3 is 5.97 Å². The van der Waals surface area contributed by atoms with Crippen molar-refractivity contribution in [1.82, 2.24) is 4.98 Å². The molecule has 1 atom stereocenters. The lowest BCUT2D eigenvalue weighted by molar-refractivity contribution is -0.137. The van der Waals surface area contributed by atoms with E-state index in [0.29, 0.717) is 5.56 Å². The Morgan fingerprint density at radius 1 is 1.09 bits per heavy atom. The average Bonchev–Trinajstić information content (AvgIpc) is 2.49. The number of benzene rings is 1. The predicted molar refractivity (Wildman–Crippen MR) is 69.3 cm³/mol. The van der Waals surface area contributed by atoms with Gasteiger partial charge in [-0.15, -0.1) is 0 Å². The fourth-order valence-electron chi connectivity index (χ4n) is 1.84. The summed E-state index contributed by atoms with van der Waals surface area (Å²) in [7, 11) is 0. The SMILES string of the molecule is O=C(O)[C@H](Cc1ccccc1)Nc1c(F)c(F)nc(F)c1F. The molecule has 0 spiro atoms. The molecule has 1 heterocycles. The van der Waals surface area contributed by atoms with Crippen LogP contribution in [0.3, 0.4) is 0 Å². The molecule has 0 fully saturated rings. The van der Waals surface area contributed by atoms with E-state index in [-0.39, 0.29) is 6.42 Å². The van der Waals surface area contributed by atoms with Gasteiger partial charge in [0.05, 0.1) is 0 Å². The molecule has 0 aliphatic carbocycles. The van der Waals surface area contributed by atoms with E-state index in [1.807, 2.05) is 5.32 Å². The smallest absolute Gasteiger partial charge is 0.326 e. The van der Waals surface area contributed by atoms with Crippen LogP contribution in [0.25, 0.3) is 0 Å². The number of nitrogens with zero attached hydrogens (tertiary/aromatic N) is 1. The van der Waals surface area contributed by atoms with Crippen LogP contribution in [-0.2, 0) is 11.2 Å². The molecule has 1 aromatic heterocycles. The van der Waals surface area contributed by atoms with E-state index in [9.17, 15) is 22.4 Å². The molecule has 116 valence electrons. The Bertz CT molecular complexity index is 669. The first-order valence-corrected chi connectivity index (χ1v) is 6.13. The molecule has 22 heavy (non-hydrogen) atoms. The minimum absolute atomic E-state index is 0.138. The van der Waals surface area contributed by atoms with Crippen molar-refractivity contribution in [3.8, 4) is 0 Å². The number of hydrogen-bond acceptors (Lipinski definition) is 3. The number of aromatic nitrogens is 1. The van der Waals surface area contributed by atoms with Crippen LogP contribution in [0.1, 0.15) is 5.56 Å². The molecule has 0 saturated carbocycles. The minimum Gasteiger partial charge on any atom is -0.480 e. The number of carboxylic acid groups (broad SMARTS) is 1. The maximum absolute atomic E-state index is 13.5. The monoisotopic (exact) mass is 314 g/mol. The van der Waals surface area contributed by atoms with Gasteiger partial charge in [0, 0.05) is 6.42 Å². The van der Waals surface area contributed by atoms with E-state index in [1.54, 1.807) is 30.3 Å². The molecule has 8 heteroatoms. The van der Waals surface area contributed by atoms with Crippen molar-refractivity contribution < 1.29 is 27.5 Å². The fourth-order valence-corrected chi connectivity index (χ4v) is 1.84. The van der Waals surface area contributed by atoms with Crippen LogP contribution < -0.4 is 5.32 Å². The Hall–Kier alpha value is -2.64. The number of hydrogen-bond donors (Lipinski definition) is 2. The highest BCUT2D eigenvalue weighted by Crippen LogP contribution is 2.23. The summed E-state index contributed by atoms with van der Waals surface area (Å²) in [4.78, 5) is 13.6. The standard InChI is InChI=1S/C14H10F4N2O2/c15-9-11(10(16)13(18)20-12(9)17)19-8(14(21)22)6-7-4-2-1-3-5-7/h1-5,8H,6H2,(H,19,20)(H,21,22)/t8-/m0/s1. The topological polar surface area (TPSA) is 62.2 Å². The first-order valence-electron chi connectivity index (χ1n) is 6.13. The van der Waals surface area contributed by atoms with Crippen LogP contribution in [0, 0.1) is 23.5 Å². The zero-order chi connectivity index (χ0) is 16.3. The Labute approximate surface area is 122 Å². The lowest BCUT2D eigenvalue weighted by atomic mass is 10.1. The van der Waals surface area contributed by atoms with Crippen LogP contribution in [0.5, 0.6) is 0 Å². The highest BCUT2D eigenvalue weighted by molar-refractivity contribution is 5.77. The molecule has 4 nitrogen and oxygen atoms in total. The van der Waals surface area contributed by atoms with Gasteiger partial charge in [0.15, 0.2) is 0 Å². The van der Waals surface area contributed by atoms with E-state index in [0.717, 1.165) is 0 Å². The molecule has 2 rings (SSSR count). The van der Waals surface area contributed by atoms with Crippen molar-refractivity contribution in [3.63, 3.8) is 0 Å². The highest BCUT2D eigenvalue weighted by atomic mass is 19.2. The summed E-state index contributed by atoms with van der Waals surface area (Å²) in [6, 6.07) is 6.76. The third-order valence-electron chi connectivity index (χ3n) is 2.90. The highest BCUT2D eigenvalue weighted by Gasteiger charge is 2.26. The van der Waals surface area contributed by atoms with Crippen molar-refractivity contribution in [1.29, 1.82) is 0 Å². The maximum atomic E-state index is 13.5. The van der Waals surface area contributed by atoms with Crippen LogP contribution in [0.4, 0.5) is 23.2 Å². The number of aliphatic carboxylic acids is 1. The van der Waals surface area contributed by atoms with Crippen LogP contribution in [0.2, 0.25) is 0 Å². The van der Waals surface area contributed by atoms with Gasteiger partial charge in [-0.3, -0.25) is 0 Å². The molecule has 2 aromatic rings. The van der Waals surface area contributed by atoms with Crippen LogP contribution in [0.15, 0.2) is 30.3 Å². The van der Waals surface area contributed by atoms with Gasteiger partial charge in [0.1, 0.15) is 11.7 Å². The minimum atomic E-state index is -1.86. The number of pyridine rings is 1. The zero-order valence-corrected chi connectivity index (χ0v) is 11.0. The quantitative estimate of drug-likeness (QED) is 0.658. The van der Waals surface area contributed by atoms with Crippen LogP contribution >= 0.6 is 0 Å². The molecule has 0 saturated heterocycles. The third-order valence-corrected chi connectivity index (χ3v) is 2.90. The summed E-state index contributed by atoms with van der Waals surface area (Å²) in [6.45, 7) is 0. The summed E-state index contributed by atoms with van der Waals surface area (Å²) in [5, 5.41) is 11.1. The fraction of sp³-hybridized carbons (Fsp3) is 0.143. The summed E-state index contributed by atoms with van der Waals surface area (Å²) in [5.41, 5.74) is -0.633. The molecule has 0 radical (unpaired) electrons. The van der Waals surface area contributed by atoms with Gasteiger partial charge in [0.25, 0.3) is 11.9 Å². The maximum Gasteiger partial charge on any atom is 0.326 e. The largest absolute Gasteiger partial charge is 0.480 e. The van der Waals surface area contributed by atoms with Gasteiger partial charge < -0.3 is 10.4 Å². The second kappa shape index (κ2) is 6.42. The lowest BCUT2D eigenvalue weighted by Gasteiger charge is -2.17. The van der Waals surface area contributed by atoms with Crippen molar-refractivity contribution >= 4 is 11.7 Å². The Morgan fingerprint density at radius 3 is 2.14 bits per heavy atom. The first-order chi connectivity index (χ1) is 10.4. The normalized spacial score (nSPS) is 12.0. The molecule has 0 aliphatic heterocycles. The summed E-state index contributed by atoms with van der Waals surface area (Å²) >= 11 is 0. The number of anilines is 1. The number of nitrogens with one attached hydrogen (secondary N) is 1. The molecule has 0 aliphatic rings. The Morgan fingerprint density at radius 2 is 1.64 bits per heavy atom. The van der Waals surface area contributed by atoms with E-state index in [2.05, 4.69) is 4.98 Å². The van der Waals surface area contributed by atoms with E-state index in [4.69, 9.17) is 5.11 Å². The number of rotatable bonds is 5. The first kappa shape index (κ1) is 15.7. The molecule has 1 aromatic carbocycles. The van der Waals surface area contributed by atoms with Crippen molar-refractivity contribution in [2.75, 3.05) is 5.32 Å². The van der Waals surface area contributed by atoms with E-state index in [1.165, 1.54) is 0 Å². The summed E-state index contributed by atoms with van der Waals surface area (Å²) in [6.07, 6.45) is -0.138. The van der Waals surface area contributed by atoms with Crippen molar-refractivity contribution in [2.24, 2.45) is 0 Å². The average molecular weight is 314 g/mol. The van der Waals surface area contributed by atoms with E-state index < -0.39 is 41.2 Å². The number of carboxylic acids is 1. The summed E-state index contributed by atoms with van der Waals surface area (Å²) in [5.74, 6) is -8.70. The van der Waals surface area contributed by atoms with Gasteiger partial charge in [-0.25, -0.2) is 4.79 Å². The zero-order valence-electron chi connectivity index (χ0n) is 11.0. The second-order valence-electron chi connectivity index (χ2n) is 4.42. The van der Waals surface area contributed by atoms with Crippen molar-refractivity contribution in [3.05, 3.63) is 59.4 Å². The third kappa shape index (κ3) is 3.33. The second-order valence-corrected chi connectivity index (χ2v) is 4.42. The van der Waals surface area contributed by atoms with Gasteiger partial charge in [-0.05, 0) is 5.56 Å². The van der Waals surface area contributed by atoms with Gasteiger partial charge in [0.2, 0.25) is 11.6 Å². The number of carbonyl (C=O) groups is 1. The Balaban J connectivity index is 2.31. The number of halogens is 4. The molecular formula is C14H10F4N2O2. The summed E-state index contributed by atoms with van der Waals surface area (Å²) < 4.78 is 53.0. The lowest BCUT2D eigenvalue weighted by Crippen LogP contribution is -2.32. The Kier molecular flexibility index (Phi) is 4.59. The van der Waals surface area contributed by atoms with Gasteiger partial charge in [-0.2, -0.15) is 22.5 Å². The molecular weight excluding hydrogens is 304 g/mol.